The van der Waals surface area contributed by atoms with Gasteiger partial charge in [0, 0.05) is 19.3 Å². The zero-order valence-electron chi connectivity index (χ0n) is 22.7. The molecule has 1 aromatic rings. The molecular formula is C27H41NO8. The van der Waals surface area contributed by atoms with Crippen LogP contribution in [0.25, 0.3) is 0 Å². The summed E-state index contributed by atoms with van der Waals surface area (Å²) in [5, 5.41) is 9.86. The van der Waals surface area contributed by atoms with Gasteiger partial charge in [0.1, 0.15) is 11.6 Å². The molecule has 0 saturated carbocycles. The van der Waals surface area contributed by atoms with Crippen molar-refractivity contribution >= 4 is 23.9 Å². The Balaban J connectivity index is 3.37. The Kier molecular flexibility index (Phi) is 10.7. The standard InChI is InChI=1S/C27H41NO8/c1-9-21(29)34-17(4)15-27(28,22(30)31)16-18-12-13-19(35-23(32)25(5,6)10-2)20(14-18)36-24(33)26(7,8)11-3/h12-14,17H,9-11,15-16,28H2,1-8H3,(H,30,31)/t17-,27?/m0/s1. The number of carbonyl (C=O) groups excluding carboxylic acids is 3. The van der Waals surface area contributed by atoms with Crippen molar-refractivity contribution in [3.8, 4) is 11.5 Å². The molecule has 0 radical (unpaired) electrons. The lowest BCUT2D eigenvalue weighted by Crippen LogP contribution is -2.52. The summed E-state index contributed by atoms with van der Waals surface area (Å²) in [6.45, 7) is 13.9. The molecule has 0 spiro atoms. The van der Waals surface area contributed by atoms with Gasteiger partial charge in [-0.15, -0.1) is 0 Å². The Labute approximate surface area is 213 Å². The second-order valence-corrected chi connectivity index (χ2v) is 10.5. The van der Waals surface area contributed by atoms with Gasteiger partial charge >= 0.3 is 23.9 Å². The van der Waals surface area contributed by atoms with Crippen molar-refractivity contribution in [1.29, 1.82) is 0 Å². The molecule has 3 N–H and O–H groups in total. The Hall–Kier alpha value is -2.94. The molecule has 0 amide bonds. The van der Waals surface area contributed by atoms with Crippen molar-refractivity contribution in [2.45, 2.75) is 99.1 Å². The first-order valence-electron chi connectivity index (χ1n) is 12.3. The van der Waals surface area contributed by atoms with Crippen LogP contribution >= 0.6 is 0 Å². The molecule has 36 heavy (non-hydrogen) atoms. The summed E-state index contributed by atoms with van der Waals surface area (Å²) in [7, 11) is 0. The van der Waals surface area contributed by atoms with Crippen LogP contribution in [-0.2, 0) is 30.3 Å². The monoisotopic (exact) mass is 507 g/mol. The molecule has 202 valence electrons. The molecule has 0 bridgehead atoms. The van der Waals surface area contributed by atoms with E-state index < -0.39 is 46.4 Å². The molecule has 0 aromatic heterocycles. The van der Waals surface area contributed by atoms with Crippen LogP contribution in [-0.4, -0.2) is 40.6 Å². The Bertz CT molecular complexity index is 969. The third-order valence-corrected chi connectivity index (χ3v) is 6.50. The lowest BCUT2D eigenvalue weighted by molar-refractivity contribution is -0.153. The second kappa shape index (κ2) is 12.3. The van der Waals surface area contributed by atoms with Gasteiger partial charge < -0.3 is 25.1 Å². The van der Waals surface area contributed by atoms with Crippen LogP contribution in [0.15, 0.2) is 18.2 Å². The zero-order chi connectivity index (χ0) is 27.9. The van der Waals surface area contributed by atoms with Gasteiger partial charge in [-0.25, -0.2) is 0 Å². The normalized spacial score (nSPS) is 14.4. The van der Waals surface area contributed by atoms with Crippen molar-refractivity contribution in [1.82, 2.24) is 0 Å². The van der Waals surface area contributed by atoms with E-state index in [0.717, 1.165) is 0 Å². The molecule has 0 heterocycles. The van der Waals surface area contributed by atoms with E-state index >= 15 is 0 Å². The van der Waals surface area contributed by atoms with Gasteiger partial charge in [0.15, 0.2) is 11.5 Å². The number of hydrogen-bond acceptors (Lipinski definition) is 8. The smallest absolute Gasteiger partial charge is 0.324 e. The topological polar surface area (TPSA) is 142 Å². The van der Waals surface area contributed by atoms with Crippen LogP contribution in [0.4, 0.5) is 0 Å². The molecular weight excluding hydrogens is 466 g/mol. The summed E-state index contributed by atoms with van der Waals surface area (Å²) in [6.07, 6.45) is 0.213. The van der Waals surface area contributed by atoms with Crippen molar-refractivity contribution in [3.63, 3.8) is 0 Å². The zero-order valence-corrected chi connectivity index (χ0v) is 22.7. The molecule has 0 aliphatic heterocycles. The third-order valence-electron chi connectivity index (χ3n) is 6.50. The quantitative estimate of drug-likeness (QED) is 0.293. The first-order chi connectivity index (χ1) is 16.5. The number of hydrogen-bond donors (Lipinski definition) is 2. The molecule has 1 rings (SSSR count). The predicted molar refractivity (Wildman–Crippen MR) is 135 cm³/mol. The molecule has 2 atom stereocenters. The maximum absolute atomic E-state index is 12.8. The predicted octanol–water partition coefficient (Wildman–Crippen LogP) is 4.43. The first-order valence-corrected chi connectivity index (χ1v) is 12.3. The minimum atomic E-state index is -1.76. The Morgan fingerprint density at radius 3 is 1.86 bits per heavy atom. The second-order valence-electron chi connectivity index (χ2n) is 10.5. The highest BCUT2D eigenvalue weighted by atomic mass is 16.6. The minimum Gasteiger partial charge on any atom is -0.480 e. The average molecular weight is 508 g/mol. The summed E-state index contributed by atoms with van der Waals surface area (Å²) < 4.78 is 16.4. The maximum atomic E-state index is 12.8. The van der Waals surface area contributed by atoms with E-state index in [2.05, 4.69) is 0 Å². The number of carboxylic acids is 1. The van der Waals surface area contributed by atoms with Gasteiger partial charge in [-0.1, -0.05) is 26.8 Å². The van der Waals surface area contributed by atoms with Gasteiger partial charge in [-0.3, -0.25) is 19.2 Å². The van der Waals surface area contributed by atoms with Gasteiger partial charge in [-0.05, 0) is 65.2 Å². The largest absolute Gasteiger partial charge is 0.480 e. The number of aliphatic carboxylic acids is 1. The summed E-state index contributed by atoms with van der Waals surface area (Å²) in [4.78, 5) is 49.2. The number of esters is 3. The Morgan fingerprint density at radius 2 is 1.42 bits per heavy atom. The molecule has 1 unspecified atom stereocenters. The van der Waals surface area contributed by atoms with E-state index in [1.807, 2.05) is 13.8 Å². The summed E-state index contributed by atoms with van der Waals surface area (Å²) in [6, 6.07) is 4.49. The Morgan fingerprint density at radius 1 is 0.917 bits per heavy atom. The number of benzene rings is 1. The van der Waals surface area contributed by atoms with Crippen LogP contribution in [0.5, 0.6) is 11.5 Å². The molecule has 9 heteroatoms. The van der Waals surface area contributed by atoms with Crippen molar-refractivity contribution < 1.29 is 38.5 Å². The molecule has 0 saturated heterocycles. The molecule has 0 aliphatic rings. The van der Waals surface area contributed by atoms with Crippen LogP contribution in [0.2, 0.25) is 0 Å². The van der Waals surface area contributed by atoms with Gasteiger partial charge in [-0.2, -0.15) is 0 Å². The van der Waals surface area contributed by atoms with E-state index in [4.69, 9.17) is 19.9 Å². The van der Waals surface area contributed by atoms with Crippen molar-refractivity contribution in [2.24, 2.45) is 16.6 Å². The van der Waals surface area contributed by atoms with Gasteiger partial charge in [0.05, 0.1) is 10.8 Å². The minimum absolute atomic E-state index is 0.00234. The SMILES string of the molecule is CCC(=O)O[C@@H](C)CC(N)(Cc1ccc(OC(=O)C(C)(C)CC)c(OC(=O)C(C)(C)CC)c1)C(=O)O. The third kappa shape index (κ3) is 8.33. The van der Waals surface area contributed by atoms with Crippen LogP contribution < -0.4 is 15.2 Å². The van der Waals surface area contributed by atoms with Gasteiger partial charge in [0.25, 0.3) is 0 Å². The van der Waals surface area contributed by atoms with Crippen LogP contribution in [0, 0.1) is 10.8 Å². The number of carbonyl (C=O) groups is 4. The van der Waals surface area contributed by atoms with Crippen LogP contribution in [0.3, 0.4) is 0 Å². The summed E-state index contributed by atoms with van der Waals surface area (Å²) in [5.41, 5.74) is 3.37. The summed E-state index contributed by atoms with van der Waals surface area (Å²) in [5.74, 6) is -2.69. The fraction of sp³-hybridized carbons (Fsp3) is 0.630. The van der Waals surface area contributed by atoms with E-state index in [-0.39, 0.29) is 30.8 Å². The summed E-state index contributed by atoms with van der Waals surface area (Å²) >= 11 is 0. The molecule has 9 nitrogen and oxygen atoms in total. The lowest BCUT2D eigenvalue weighted by atomic mass is 9.86. The number of ether oxygens (including phenoxy) is 3. The van der Waals surface area contributed by atoms with E-state index in [1.165, 1.54) is 12.1 Å². The van der Waals surface area contributed by atoms with E-state index in [9.17, 15) is 24.3 Å². The maximum Gasteiger partial charge on any atom is 0.324 e. The highest BCUT2D eigenvalue weighted by Gasteiger charge is 2.38. The number of nitrogens with two attached hydrogens (primary N) is 1. The van der Waals surface area contributed by atoms with Crippen molar-refractivity contribution in [2.75, 3.05) is 0 Å². The van der Waals surface area contributed by atoms with Crippen molar-refractivity contribution in [3.05, 3.63) is 23.8 Å². The molecule has 0 aliphatic carbocycles. The highest BCUT2D eigenvalue weighted by molar-refractivity contribution is 5.82. The van der Waals surface area contributed by atoms with Crippen LogP contribution in [0.1, 0.15) is 86.6 Å². The van der Waals surface area contributed by atoms with Gasteiger partial charge in [0.2, 0.25) is 0 Å². The lowest BCUT2D eigenvalue weighted by Gasteiger charge is -2.28. The average Bonchev–Trinajstić information content (AvgIpc) is 2.79. The number of carboxylic acid groups (broad SMARTS) is 1. The van der Waals surface area contributed by atoms with E-state index in [0.29, 0.717) is 18.4 Å². The highest BCUT2D eigenvalue weighted by Crippen LogP contribution is 2.35. The fourth-order valence-electron chi connectivity index (χ4n) is 3.05. The number of rotatable bonds is 13. The van der Waals surface area contributed by atoms with E-state index in [1.54, 1.807) is 47.6 Å². The first kappa shape index (κ1) is 31.1. The molecule has 1 aromatic carbocycles. The molecule has 0 fully saturated rings. The fourth-order valence-corrected chi connectivity index (χ4v) is 3.05.